The topological polar surface area (TPSA) is 37.3 Å². The van der Waals surface area contributed by atoms with Gasteiger partial charge in [0.05, 0.1) is 5.56 Å². The minimum absolute atomic E-state index is 0.254. The summed E-state index contributed by atoms with van der Waals surface area (Å²) in [6.07, 6.45) is 0. The quantitative estimate of drug-likeness (QED) is 0.861. The van der Waals surface area contributed by atoms with Crippen LogP contribution in [0.4, 0.5) is 0 Å². The smallest absolute Gasteiger partial charge is 0.336 e. The second kappa shape index (κ2) is 3.83. The molecular weight excluding hydrogens is 279 g/mol. The van der Waals surface area contributed by atoms with E-state index in [1.165, 1.54) is 0 Å². The Labute approximate surface area is 99.6 Å². The van der Waals surface area contributed by atoms with Gasteiger partial charge in [0.15, 0.2) is 0 Å². The van der Waals surface area contributed by atoms with Crippen molar-refractivity contribution in [1.82, 2.24) is 0 Å². The highest BCUT2D eigenvalue weighted by atomic mass is 79.9. The summed E-state index contributed by atoms with van der Waals surface area (Å²) < 4.78 is 0.560. The molecule has 0 radical (unpaired) electrons. The third-order valence-electron chi connectivity index (χ3n) is 2.12. The molecule has 0 bridgehead atoms. The second-order valence-corrected chi connectivity index (χ2v) is 4.42. The average molecular weight is 286 g/mol. The van der Waals surface area contributed by atoms with Crippen LogP contribution < -0.4 is 0 Å². The van der Waals surface area contributed by atoms with Gasteiger partial charge in [0.1, 0.15) is 0 Å². The maximum Gasteiger partial charge on any atom is 0.336 e. The monoisotopic (exact) mass is 284 g/mol. The zero-order valence-electron chi connectivity index (χ0n) is 7.50. The highest BCUT2D eigenvalue weighted by molar-refractivity contribution is 9.10. The summed E-state index contributed by atoms with van der Waals surface area (Å²) in [5, 5.41) is 11.3. The van der Waals surface area contributed by atoms with Gasteiger partial charge in [-0.3, -0.25) is 0 Å². The number of hydrogen-bond donors (Lipinski definition) is 1. The predicted octanol–water partition coefficient (Wildman–Crippen LogP) is 3.95. The Hall–Kier alpha value is -1.06. The van der Waals surface area contributed by atoms with Crippen molar-refractivity contribution in [1.29, 1.82) is 0 Å². The molecule has 0 aliphatic carbocycles. The van der Waals surface area contributed by atoms with Crippen LogP contribution in [-0.2, 0) is 0 Å². The number of fused-ring (bicyclic) bond motifs is 1. The molecule has 0 heterocycles. The van der Waals surface area contributed by atoms with Crippen LogP contribution in [0.1, 0.15) is 10.4 Å². The molecule has 0 fully saturated rings. The van der Waals surface area contributed by atoms with Crippen LogP contribution in [-0.4, -0.2) is 11.1 Å². The number of benzene rings is 2. The van der Waals surface area contributed by atoms with Crippen molar-refractivity contribution in [2.24, 2.45) is 0 Å². The van der Waals surface area contributed by atoms with E-state index in [0.717, 1.165) is 10.8 Å². The van der Waals surface area contributed by atoms with E-state index in [1.54, 1.807) is 30.3 Å². The van der Waals surface area contributed by atoms with Crippen LogP contribution >= 0.6 is 27.5 Å². The first-order chi connectivity index (χ1) is 7.08. The zero-order chi connectivity index (χ0) is 11.0. The first-order valence-electron chi connectivity index (χ1n) is 4.20. The minimum atomic E-state index is -0.946. The number of aromatic carboxylic acids is 1. The second-order valence-electron chi connectivity index (χ2n) is 3.13. The molecule has 0 aliphatic heterocycles. The molecule has 0 atom stereocenters. The molecule has 0 saturated carbocycles. The average Bonchev–Trinajstić information content (AvgIpc) is 2.15. The molecule has 2 aromatic carbocycles. The van der Waals surface area contributed by atoms with Gasteiger partial charge in [0, 0.05) is 9.50 Å². The van der Waals surface area contributed by atoms with Crippen LogP contribution in [0, 0.1) is 0 Å². The van der Waals surface area contributed by atoms with E-state index in [4.69, 9.17) is 16.7 Å². The van der Waals surface area contributed by atoms with Crippen LogP contribution in [0.15, 0.2) is 34.8 Å². The van der Waals surface area contributed by atoms with Crippen molar-refractivity contribution in [2.45, 2.75) is 0 Å². The highest BCUT2D eigenvalue weighted by Crippen LogP contribution is 2.26. The van der Waals surface area contributed by atoms with Crippen LogP contribution in [0.5, 0.6) is 0 Å². The lowest BCUT2D eigenvalue weighted by atomic mass is 10.1. The molecule has 0 aliphatic rings. The van der Waals surface area contributed by atoms with Crippen LogP contribution in [0.3, 0.4) is 0 Å². The molecule has 76 valence electrons. The Morgan fingerprint density at radius 1 is 1.20 bits per heavy atom. The number of carbonyl (C=O) groups is 1. The number of halogens is 2. The van der Waals surface area contributed by atoms with Gasteiger partial charge in [-0.2, -0.15) is 0 Å². The van der Waals surface area contributed by atoms with Gasteiger partial charge >= 0.3 is 5.97 Å². The standard InChI is InChI=1S/C11H6BrClO2/c12-10-5-7-3-8(13)2-1-6(7)4-9(10)11(14)15/h1-5H,(H,14,15). The number of hydrogen-bond acceptors (Lipinski definition) is 1. The summed E-state index contributed by atoms with van der Waals surface area (Å²) >= 11 is 9.06. The fourth-order valence-corrected chi connectivity index (χ4v) is 2.12. The number of carboxylic acids is 1. The normalized spacial score (nSPS) is 10.5. The fourth-order valence-electron chi connectivity index (χ4n) is 1.40. The predicted molar refractivity (Wildman–Crippen MR) is 63.6 cm³/mol. The summed E-state index contributed by atoms with van der Waals surface area (Å²) in [5.74, 6) is -0.946. The van der Waals surface area contributed by atoms with Crippen molar-refractivity contribution >= 4 is 44.3 Å². The summed E-state index contributed by atoms with van der Waals surface area (Å²) in [6, 6.07) is 8.72. The van der Waals surface area contributed by atoms with Crippen molar-refractivity contribution < 1.29 is 9.90 Å². The number of carboxylic acid groups (broad SMARTS) is 1. The molecule has 2 rings (SSSR count). The summed E-state index contributed by atoms with van der Waals surface area (Å²) in [5.41, 5.74) is 0.254. The Balaban J connectivity index is 2.76. The van der Waals surface area contributed by atoms with E-state index in [9.17, 15) is 4.79 Å². The SMILES string of the molecule is O=C(O)c1cc2ccc(Cl)cc2cc1Br. The maximum atomic E-state index is 10.9. The molecule has 0 unspecified atom stereocenters. The van der Waals surface area contributed by atoms with Crippen molar-refractivity contribution in [3.63, 3.8) is 0 Å². The van der Waals surface area contributed by atoms with Gasteiger partial charge < -0.3 is 5.11 Å². The molecule has 0 saturated heterocycles. The minimum Gasteiger partial charge on any atom is -0.478 e. The summed E-state index contributed by atoms with van der Waals surface area (Å²) in [7, 11) is 0. The number of rotatable bonds is 1. The first kappa shape index (κ1) is 10.5. The van der Waals surface area contributed by atoms with Gasteiger partial charge in [0.25, 0.3) is 0 Å². The third kappa shape index (κ3) is 1.98. The molecule has 2 nitrogen and oxygen atoms in total. The molecular formula is C11H6BrClO2. The maximum absolute atomic E-state index is 10.9. The van der Waals surface area contributed by atoms with E-state index in [-0.39, 0.29) is 5.56 Å². The summed E-state index contributed by atoms with van der Waals surface area (Å²) in [6.45, 7) is 0. The largest absolute Gasteiger partial charge is 0.478 e. The molecule has 15 heavy (non-hydrogen) atoms. The molecule has 0 aromatic heterocycles. The molecule has 1 N–H and O–H groups in total. The van der Waals surface area contributed by atoms with Crippen LogP contribution in [0.25, 0.3) is 10.8 Å². The van der Waals surface area contributed by atoms with Gasteiger partial charge in [-0.15, -0.1) is 0 Å². The van der Waals surface area contributed by atoms with Crippen molar-refractivity contribution in [3.8, 4) is 0 Å². The molecule has 0 spiro atoms. The lowest BCUT2D eigenvalue weighted by Crippen LogP contribution is -1.97. The van der Waals surface area contributed by atoms with Gasteiger partial charge in [-0.05, 0) is 51.0 Å². The summed E-state index contributed by atoms with van der Waals surface area (Å²) in [4.78, 5) is 10.9. The van der Waals surface area contributed by atoms with Gasteiger partial charge in [-0.25, -0.2) is 4.79 Å². The Kier molecular flexibility index (Phi) is 2.67. The van der Waals surface area contributed by atoms with E-state index >= 15 is 0 Å². The molecule has 0 amide bonds. The first-order valence-corrected chi connectivity index (χ1v) is 5.37. The van der Waals surface area contributed by atoms with E-state index in [0.29, 0.717) is 9.50 Å². The van der Waals surface area contributed by atoms with E-state index in [1.807, 2.05) is 0 Å². The van der Waals surface area contributed by atoms with Crippen LogP contribution in [0.2, 0.25) is 5.02 Å². The molecule has 2 aromatic rings. The lowest BCUT2D eigenvalue weighted by Gasteiger charge is -2.03. The Morgan fingerprint density at radius 3 is 2.60 bits per heavy atom. The lowest BCUT2D eigenvalue weighted by molar-refractivity contribution is 0.0696. The van der Waals surface area contributed by atoms with Gasteiger partial charge in [0.2, 0.25) is 0 Å². The van der Waals surface area contributed by atoms with Crippen molar-refractivity contribution in [2.75, 3.05) is 0 Å². The highest BCUT2D eigenvalue weighted by Gasteiger charge is 2.09. The molecule has 4 heteroatoms. The zero-order valence-corrected chi connectivity index (χ0v) is 9.84. The Bertz CT molecular complexity index is 552. The van der Waals surface area contributed by atoms with E-state index in [2.05, 4.69) is 15.9 Å². The van der Waals surface area contributed by atoms with Gasteiger partial charge in [-0.1, -0.05) is 17.7 Å². The van der Waals surface area contributed by atoms with E-state index < -0.39 is 5.97 Å². The third-order valence-corrected chi connectivity index (χ3v) is 3.01. The fraction of sp³-hybridized carbons (Fsp3) is 0. The Morgan fingerprint density at radius 2 is 1.93 bits per heavy atom. The van der Waals surface area contributed by atoms with Crippen molar-refractivity contribution in [3.05, 3.63) is 45.4 Å².